The molecule has 1 aliphatic heterocycles. The van der Waals surface area contributed by atoms with Crippen molar-refractivity contribution in [3.63, 3.8) is 0 Å². The van der Waals surface area contributed by atoms with Crippen LogP contribution in [0.2, 0.25) is 10.0 Å². The summed E-state index contributed by atoms with van der Waals surface area (Å²) in [5.41, 5.74) is 0.946. The van der Waals surface area contributed by atoms with Crippen molar-refractivity contribution in [1.82, 2.24) is 18.7 Å². The fourth-order valence-corrected chi connectivity index (χ4v) is 5.27. The molecule has 12 heteroatoms. The minimum Gasteiger partial charge on any atom is -0.379 e. The quantitative estimate of drug-likeness (QED) is 0.564. The normalized spacial score (nSPS) is 15.1. The van der Waals surface area contributed by atoms with Crippen LogP contribution in [0, 0.1) is 0 Å². The van der Waals surface area contributed by atoms with Crippen molar-refractivity contribution in [3.8, 4) is 0 Å². The molecule has 0 radical (unpaired) electrons. The number of aromatic nitrogens is 3. The summed E-state index contributed by atoms with van der Waals surface area (Å²) in [5, 5.41) is 7.87. The van der Waals surface area contributed by atoms with Gasteiger partial charge in [0, 0.05) is 32.4 Å². The molecule has 3 heterocycles. The average Bonchev–Trinajstić information content (AvgIpc) is 3.38. The highest BCUT2D eigenvalue weighted by Crippen LogP contribution is 2.27. The Morgan fingerprint density at radius 1 is 1.22 bits per heavy atom. The van der Waals surface area contributed by atoms with E-state index >= 15 is 0 Å². The van der Waals surface area contributed by atoms with Crippen molar-refractivity contribution < 1.29 is 17.9 Å². The lowest BCUT2D eigenvalue weighted by molar-refractivity contribution is 0.0730. The molecule has 1 saturated heterocycles. The van der Waals surface area contributed by atoms with Crippen LogP contribution in [0.1, 0.15) is 16.1 Å². The highest BCUT2D eigenvalue weighted by atomic mass is 35.5. The zero-order valence-corrected chi connectivity index (χ0v) is 19.5. The molecule has 3 aromatic rings. The fourth-order valence-electron chi connectivity index (χ4n) is 3.41. The number of anilines is 1. The number of carbonyl (C=O) groups is 1. The Balaban J connectivity index is 1.53. The third-order valence-electron chi connectivity index (χ3n) is 5.13. The van der Waals surface area contributed by atoms with E-state index in [1.165, 1.54) is 21.1 Å². The number of sulfonamides is 1. The number of nitrogens with one attached hydrogen (secondary N) is 1. The second-order valence-electron chi connectivity index (χ2n) is 7.23. The van der Waals surface area contributed by atoms with Gasteiger partial charge in [-0.15, -0.1) is 0 Å². The van der Waals surface area contributed by atoms with Gasteiger partial charge in [-0.25, -0.2) is 13.1 Å². The largest absolute Gasteiger partial charge is 0.379 e. The van der Waals surface area contributed by atoms with Gasteiger partial charge in [-0.2, -0.15) is 9.40 Å². The molecule has 1 amide bonds. The number of nitrogens with zero attached hydrogens (tertiary/aromatic N) is 4. The van der Waals surface area contributed by atoms with Crippen molar-refractivity contribution in [2.75, 3.05) is 31.6 Å². The molecular formula is C20H21Cl2N5O4S. The van der Waals surface area contributed by atoms with E-state index in [9.17, 15) is 13.2 Å². The molecule has 1 aliphatic rings. The summed E-state index contributed by atoms with van der Waals surface area (Å²) < 4.78 is 35.4. The van der Waals surface area contributed by atoms with Crippen LogP contribution in [0.5, 0.6) is 0 Å². The topological polar surface area (TPSA) is 98.5 Å². The van der Waals surface area contributed by atoms with Gasteiger partial charge in [-0.3, -0.25) is 4.79 Å². The highest BCUT2D eigenvalue weighted by molar-refractivity contribution is 7.89. The van der Waals surface area contributed by atoms with E-state index in [1.807, 2.05) is 6.07 Å². The lowest BCUT2D eigenvalue weighted by Crippen LogP contribution is -2.40. The van der Waals surface area contributed by atoms with Crippen LogP contribution >= 0.6 is 23.2 Å². The van der Waals surface area contributed by atoms with Crippen LogP contribution < -0.4 is 5.32 Å². The van der Waals surface area contributed by atoms with Gasteiger partial charge >= 0.3 is 0 Å². The Morgan fingerprint density at radius 3 is 2.72 bits per heavy atom. The molecule has 0 spiro atoms. The summed E-state index contributed by atoms with van der Waals surface area (Å²) in [6, 6.07) is 8.31. The van der Waals surface area contributed by atoms with Gasteiger partial charge in [0.05, 0.1) is 36.0 Å². The van der Waals surface area contributed by atoms with E-state index < -0.39 is 15.9 Å². The van der Waals surface area contributed by atoms with Gasteiger partial charge in [0.25, 0.3) is 5.91 Å². The molecule has 1 aromatic carbocycles. The molecule has 170 valence electrons. The number of aryl methyl sites for hydroxylation is 1. The molecule has 0 saturated carbocycles. The Hall–Kier alpha value is -2.37. The van der Waals surface area contributed by atoms with Gasteiger partial charge in [0.15, 0.2) is 0 Å². The van der Waals surface area contributed by atoms with E-state index in [0.717, 1.165) is 5.56 Å². The van der Waals surface area contributed by atoms with Crippen LogP contribution in [0.3, 0.4) is 0 Å². The predicted molar refractivity (Wildman–Crippen MR) is 121 cm³/mol. The summed E-state index contributed by atoms with van der Waals surface area (Å²) >= 11 is 12.3. The number of amides is 1. The van der Waals surface area contributed by atoms with Crippen molar-refractivity contribution in [2.45, 2.75) is 11.4 Å². The summed E-state index contributed by atoms with van der Waals surface area (Å²) in [4.78, 5) is 13.0. The number of morpholine rings is 1. The summed E-state index contributed by atoms with van der Waals surface area (Å²) in [7, 11) is -2.09. The molecule has 9 nitrogen and oxygen atoms in total. The molecule has 0 aliphatic carbocycles. The van der Waals surface area contributed by atoms with Crippen molar-refractivity contribution in [2.24, 2.45) is 7.05 Å². The lowest BCUT2D eigenvalue weighted by Gasteiger charge is -2.25. The first kappa shape index (κ1) is 22.8. The molecule has 2 aromatic heterocycles. The predicted octanol–water partition coefficient (Wildman–Crippen LogP) is 2.85. The minimum atomic E-state index is -3.71. The van der Waals surface area contributed by atoms with Crippen LogP contribution in [0.25, 0.3) is 0 Å². The molecular weight excluding hydrogens is 477 g/mol. The van der Waals surface area contributed by atoms with E-state index in [-0.39, 0.29) is 23.7 Å². The van der Waals surface area contributed by atoms with Gasteiger partial charge in [-0.1, -0.05) is 35.3 Å². The van der Waals surface area contributed by atoms with Crippen LogP contribution in [-0.2, 0) is 28.4 Å². The molecule has 4 rings (SSSR count). The number of benzene rings is 1. The van der Waals surface area contributed by atoms with Gasteiger partial charge in [-0.05, 0) is 17.7 Å². The maximum Gasteiger partial charge on any atom is 0.273 e. The standard InChI is InChI=1S/C20H21Cl2N5O4S/c1-25-13-15(32(29,30)26-7-9-31-10-8-26)11-17(25)20(28)24-18-5-6-23-27(18)12-14-3-2-4-16(21)19(14)22/h2-6,11,13H,7-10,12H2,1H3,(H,24,28). The average molecular weight is 498 g/mol. The molecule has 1 fully saturated rings. The number of carbonyl (C=O) groups excluding carboxylic acids is 1. The maximum absolute atomic E-state index is 12.9. The smallest absolute Gasteiger partial charge is 0.273 e. The maximum atomic E-state index is 12.9. The van der Waals surface area contributed by atoms with Crippen LogP contribution in [0.4, 0.5) is 5.82 Å². The van der Waals surface area contributed by atoms with Crippen molar-refractivity contribution in [3.05, 3.63) is 64.0 Å². The third kappa shape index (κ3) is 4.55. The Morgan fingerprint density at radius 2 is 1.97 bits per heavy atom. The summed E-state index contributed by atoms with van der Waals surface area (Å²) in [6.45, 7) is 1.56. The highest BCUT2D eigenvalue weighted by Gasteiger charge is 2.29. The first-order chi connectivity index (χ1) is 15.3. The van der Waals surface area contributed by atoms with Crippen LogP contribution in [-0.4, -0.2) is 59.3 Å². The third-order valence-corrected chi connectivity index (χ3v) is 7.85. The first-order valence-electron chi connectivity index (χ1n) is 9.77. The SMILES string of the molecule is Cn1cc(S(=O)(=O)N2CCOCC2)cc1C(=O)Nc1ccnn1Cc1cccc(Cl)c1Cl. The fraction of sp³-hybridized carbons (Fsp3) is 0.300. The van der Waals surface area contributed by atoms with E-state index in [4.69, 9.17) is 27.9 Å². The van der Waals surface area contributed by atoms with Crippen LogP contribution in [0.15, 0.2) is 47.6 Å². The Kier molecular flexibility index (Phi) is 6.59. The Bertz CT molecular complexity index is 1250. The second-order valence-corrected chi connectivity index (χ2v) is 9.95. The number of rotatable bonds is 6. The monoisotopic (exact) mass is 497 g/mol. The number of ether oxygens (including phenoxy) is 1. The number of halogens is 2. The molecule has 0 unspecified atom stereocenters. The molecule has 0 bridgehead atoms. The van der Waals surface area contributed by atoms with E-state index in [0.29, 0.717) is 35.6 Å². The molecule has 0 atom stereocenters. The molecule has 32 heavy (non-hydrogen) atoms. The van der Waals surface area contributed by atoms with Gasteiger partial charge in [0.2, 0.25) is 10.0 Å². The number of hydrogen-bond acceptors (Lipinski definition) is 5. The zero-order chi connectivity index (χ0) is 22.9. The minimum absolute atomic E-state index is 0.0614. The van der Waals surface area contributed by atoms with Gasteiger partial charge < -0.3 is 14.6 Å². The molecule has 1 N–H and O–H groups in total. The zero-order valence-electron chi connectivity index (χ0n) is 17.2. The number of hydrogen-bond donors (Lipinski definition) is 1. The van der Waals surface area contributed by atoms with Gasteiger partial charge in [0.1, 0.15) is 16.4 Å². The summed E-state index contributed by atoms with van der Waals surface area (Å²) in [6.07, 6.45) is 2.98. The van der Waals surface area contributed by atoms with E-state index in [2.05, 4.69) is 10.4 Å². The van der Waals surface area contributed by atoms with Crippen molar-refractivity contribution in [1.29, 1.82) is 0 Å². The lowest BCUT2D eigenvalue weighted by atomic mass is 10.2. The summed E-state index contributed by atoms with van der Waals surface area (Å²) in [5.74, 6) is -0.0281. The van der Waals surface area contributed by atoms with Crippen molar-refractivity contribution >= 4 is 45.0 Å². The first-order valence-corrected chi connectivity index (χ1v) is 12.0. The van der Waals surface area contributed by atoms with E-state index in [1.54, 1.807) is 36.1 Å². The second kappa shape index (κ2) is 9.24. The Labute approximate surface area is 195 Å².